The number of rotatable bonds is 6. The molecule has 0 aromatic heterocycles. The van der Waals surface area contributed by atoms with Gasteiger partial charge >= 0.3 is 11.9 Å². The van der Waals surface area contributed by atoms with E-state index in [0.717, 1.165) is 0 Å². The smallest absolute Gasteiger partial charge is 0.334 e. The summed E-state index contributed by atoms with van der Waals surface area (Å²) in [6.45, 7) is 11.7. The minimum absolute atomic E-state index is 0.0347. The van der Waals surface area contributed by atoms with Gasteiger partial charge in [-0.2, -0.15) is 0 Å². The summed E-state index contributed by atoms with van der Waals surface area (Å²) in [5.74, 6) is -2.50. The number of carbonyl (C=O) groups is 2. The van der Waals surface area contributed by atoms with Crippen LogP contribution in [0, 0.1) is 5.92 Å². The van der Waals surface area contributed by atoms with Crippen molar-refractivity contribution in [3.8, 4) is 0 Å². The molecule has 0 bridgehead atoms. The molecule has 1 unspecified atom stereocenters. The van der Waals surface area contributed by atoms with E-state index in [-0.39, 0.29) is 12.2 Å². The molecule has 1 saturated heterocycles. The molecule has 0 saturated carbocycles. The van der Waals surface area contributed by atoms with Gasteiger partial charge in [0.25, 0.3) is 0 Å². The molecule has 1 rings (SSSR count). The van der Waals surface area contributed by atoms with Gasteiger partial charge in [-0.05, 0) is 0 Å². The van der Waals surface area contributed by atoms with E-state index in [2.05, 4.69) is 25.2 Å². The van der Waals surface area contributed by atoms with E-state index in [9.17, 15) is 9.59 Å². The second kappa shape index (κ2) is 14.1. The summed E-state index contributed by atoms with van der Waals surface area (Å²) in [4.78, 5) is 20.8. The van der Waals surface area contributed by atoms with Gasteiger partial charge in [0.2, 0.25) is 0 Å². The first-order valence-electron chi connectivity index (χ1n) is 7.63. The Morgan fingerprint density at radius 2 is 1.65 bits per heavy atom. The average molecular weight is 286 g/mol. The molecule has 20 heavy (non-hydrogen) atoms. The first kappa shape index (κ1) is 21.0. The summed E-state index contributed by atoms with van der Waals surface area (Å²) >= 11 is 0. The molecule has 118 valence electrons. The van der Waals surface area contributed by atoms with Crippen LogP contribution in [0.4, 0.5) is 0 Å². The number of hydrogen-bond donors (Lipinski definition) is 1. The Labute approximate surface area is 123 Å². The molecule has 4 nitrogen and oxygen atoms in total. The number of hydrogen-bond acceptors (Lipinski definition) is 3. The summed E-state index contributed by atoms with van der Waals surface area (Å²) in [7, 11) is 0. The first-order valence-corrected chi connectivity index (χ1v) is 7.63. The maximum Gasteiger partial charge on any atom is 0.334 e. The van der Waals surface area contributed by atoms with Crippen molar-refractivity contribution in [2.45, 2.75) is 66.2 Å². The average Bonchev–Trinajstić information content (AvgIpc) is 2.78. The molecular weight excluding hydrogens is 256 g/mol. The molecule has 0 aliphatic carbocycles. The molecule has 0 radical (unpaired) electrons. The predicted octanol–water partition coefficient (Wildman–Crippen LogP) is 4.19. The van der Waals surface area contributed by atoms with Crippen LogP contribution in [0.1, 0.15) is 66.2 Å². The number of carbonyl (C=O) groups excluding carboxylic acids is 1. The Balaban J connectivity index is 0. The molecule has 0 spiro atoms. The highest BCUT2D eigenvalue weighted by Crippen LogP contribution is 2.18. The molecule has 1 N–H and O–H groups in total. The monoisotopic (exact) mass is 286 g/mol. The van der Waals surface area contributed by atoms with Crippen molar-refractivity contribution in [2.24, 2.45) is 5.92 Å². The van der Waals surface area contributed by atoms with Gasteiger partial charge in [-0.25, -0.2) is 4.79 Å². The van der Waals surface area contributed by atoms with Crippen LogP contribution in [0.25, 0.3) is 0 Å². The van der Waals surface area contributed by atoms with Crippen molar-refractivity contribution >= 4 is 11.9 Å². The van der Waals surface area contributed by atoms with Gasteiger partial charge in [-0.1, -0.05) is 72.8 Å². The number of cyclic esters (lactones) is 1. The van der Waals surface area contributed by atoms with E-state index < -0.39 is 17.9 Å². The number of carboxylic acids is 1. The summed E-state index contributed by atoms with van der Waals surface area (Å²) < 4.78 is 4.42. The standard InChI is InChI=1S/C8H18.C6H6O4.C2H6/c1-3-5-7-8-6-4-2;1-3-4(5(7)8)2-10-6(3)9;1-2/h3-8H2,1-2H3;4H,1-2H2,(H,7,8);1-2H3. The van der Waals surface area contributed by atoms with E-state index in [1.807, 2.05) is 13.8 Å². The topological polar surface area (TPSA) is 63.6 Å². The van der Waals surface area contributed by atoms with Gasteiger partial charge in [-0.3, -0.25) is 4.79 Å². The van der Waals surface area contributed by atoms with Crippen LogP contribution in [-0.4, -0.2) is 23.7 Å². The van der Waals surface area contributed by atoms with Crippen LogP contribution < -0.4 is 0 Å². The third-order valence-corrected chi connectivity index (χ3v) is 2.82. The van der Waals surface area contributed by atoms with Crippen molar-refractivity contribution in [1.82, 2.24) is 0 Å². The highest BCUT2D eigenvalue weighted by Gasteiger charge is 2.34. The third kappa shape index (κ3) is 9.59. The maximum atomic E-state index is 10.5. The molecule has 1 aliphatic rings. The number of unbranched alkanes of at least 4 members (excludes halogenated alkanes) is 5. The van der Waals surface area contributed by atoms with Gasteiger partial charge in [0.1, 0.15) is 12.5 Å². The van der Waals surface area contributed by atoms with Crippen molar-refractivity contribution in [3.63, 3.8) is 0 Å². The van der Waals surface area contributed by atoms with Crippen molar-refractivity contribution in [2.75, 3.05) is 6.61 Å². The van der Waals surface area contributed by atoms with Gasteiger partial charge in [0, 0.05) is 5.57 Å². The van der Waals surface area contributed by atoms with Gasteiger partial charge in [-0.15, -0.1) is 0 Å². The van der Waals surface area contributed by atoms with Crippen LogP contribution in [0.3, 0.4) is 0 Å². The molecule has 1 heterocycles. The molecule has 0 aromatic carbocycles. The fourth-order valence-corrected chi connectivity index (χ4v) is 1.57. The van der Waals surface area contributed by atoms with Crippen molar-refractivity contribution in [1.29, 1.82) is 0 Å². The second-order valence-electron chi connectivity index (χ2n) is 4.43. The zero-order valence-electron chi connectivity index (χ0n) is 13.4. The SMILES string of the molecule is C=C1C(=O)OCC1C(=O)O.CC.CCCCCCCC. The van der Waals surface area contributed by atoms with E-state index >= 15 is 0 Å². The van der Waals surface area contributed by atoms with E-state index in [4.69, 9.17) is 5.11 Å². The summed E-state index contributed by atoms with van der Waals surface area (Å²) in [5.41, 5.74) is 0.0347. The van der Waals surface area contributed by atoms with Crippen LogP contribution in [0.15, 0.2) is 12.2 Å². The van der Waals surface area contributed by atoms with Crippen LogP contribution in [-0.2, 0) is 14.3 Å². The third-order valence-electron chi connectivity index (χ3n) is 2.82. The second-order valence-corrected chi connectivity index (χ2v) is 4.43. The Kier molecular flexibility index (Phi) is 14.8. The predicted molar refractivity (Wildman–Crippen MR) is 81.6 cm³/mol. The normalized spacial score (nSPS) is 16.5. The fourth-order valence-electron chi connectivity index (χ4n) is 1.57. The summed E-state index contributed by atoms with van der Waals surface area (Å²) in [6.07, 6.45) is 8.49. The Hall–Kier alpha value is -1.32. The lowest BCUT2D eigenvalue weighted by atomic mass is 10.1. The summed E-state index contributed by atoms with van der Waals surface area (Å²) in [6, 6.07) is 0. The largest absolute Gasteiger partial charge is 0.481 e. The minimum atomic E-state index is -1.06. The highest BCUT2D eigenvalue weighted by molar-refractivity contribution is 5.97. The maximum absolute atomic E-state index is 10.5. The van der Waals surface area contributed by atoms with Gasteiger partial charge < -0.3 is 9.84 Å². The fraction of sp³-hybridized carbons (Fsp3) is 0.750. The summed E-state index contributed by atoms with van der Waals surface area (Å²) in [5, 5.41) is 8.41. The van der Waals surface area contributed by atoms with Gasteiger partial charge in [0.15, 0.2) is 0 Å². The zero-order valence-corrected chi connectivity index (χ0v) is 13.4. The lowest BCUT2D eigenvalue weighted by Crippen LogP contribution is -2.14. The molecule has 1 aliphatic heterocycles. The number of ether oxygens (including phenoxy) is 1. The number of aliphatic carboxylic acids is 1. The van der Waals surface area contributed by atoms with Crippen molar-refractivity contribution < 1.29 is 19.4 Å². The molecule has 4 heteroatoms. The molecule has 1 atom stereocenters. The van der Waals surface area contributed by atoms with Crippen LogP contribution in [0.5, 0.6) is 0 Å². The van der Waals surface area contributed by atoms with E-state index in [0.29, 0.717) is 0 Å². The van der Waals surface area contributed by atoms with Crippen LogP contribution >= 0.6 is 0 Å². The Morgan fingerprint density at radius 1 is 1.20 bits per heavy atom. The highest BCUT2D eigenvalue weighted by atomic mass is 16.5. The number of esters is 1. The van der Waals surface area contributed by atoms with E-state index in [1.54, 1.807) is 0 Å². The van der Waals surface area contributed by atoms with Crippen LogP contribution in [0.2, 0.25) is 0 Å². The molecular formula is C16H30O4. The van der Waals surface area contributed by atoms with Gasteiger partial charge in [0.05, 0.1) is 0 Å². The molecule has 1 fully saturated rings. The zero-order chi connectivity index (χ0) is 16.0. The quantitative estimate of drug-likeness (QED) is 0.451. The van der Waals surface area contributed by atoms with Crippen molar-refractivity contribution in [3.05, 3.63) is 12.2 Å². The molecule has 0 aromatic rings. The molecule has 0 amide bonds. The Morgan fingerprint density at radius 3 is 1.85 bits per heavy atom. The number of carboxylic acid groups (broad SMARTS) is 1. The minimum Gasteiger partial charge on any atom is -0.481 e. The van der Waals surface area contributed by atoms with E-state index in [1.165, 1.54) is 38.5 Å². The lowest BCUT2D eigenvalue weighted by molar-refractivity contribution is -0.140. The lowest BCUT2D eigenvalue weighted by Gasteiger charge is -1.96. The first-order chi connectivity index (χ1) is 9.54. The Bertz CT molecular complexity index is 278.